The molecule has 0 aliphatic rings. The van der Waals surface area contributed by atoms with Crippen molar-refractivity contribution >= 4 is 28.8 Å². The first-order valence-corrected chi connectivity index (χ1v) is 9.72. The first kappa shape index (κ1) is 18.9. The summed E-state index contributed by atoms with van der Waals surface area (Å²) in [5.74, 6) is -0.270. The van der Waals surface area contributed by atoms with Gasteiger partial charge in [-0.3, -0.25) is 9.59 Å². The van der Waals surface area contributed by atoms with Crippen LogP contribution in [0.15, 0.2) is 72.1 Å². The van der Waals surface area contributed by atoms with Crippen molar-refractivity contribution < 1.29 is 9.59 Å². The smallest absolute Gasteiger partial charge is 0.226 e. The fourth-order valence-corrected chi connectivity index (χ4v) is 3.73. The molecule has 0 spiro atoms. The normalized spacial score (nSPS) is 11.6. The van der Waals surface area contributed by atoms with Crippen LogP contribution in [-0.4, -0.2) is 11.8 Å². The maximum absolute atomic E-state index is 12.6. The van der Waals surface area contributed by atoms with Gasteiger partial charge in [0.2, 0.25) is 11.8 Å². The molecular weight excluding hydrogens is 356 g/mol. The van der Waals surface area contributed by atoms with Crippen molar-refractivity contribution in [3.63, 3.8) is 0 Å². The van der Waals surface area contributed by atoms with E-state index in [0.29, 0.717) is 0 Å². The van der Waals surface area contributed by atoms with E-state index in [9.17, 15) is 9.59 Å². The van der Waals surface area contributed by atoms with E-state index in [-0.39, 0.29) is 24.3 Å². The van der Waals surface area contributed by atoms with E-state index in [1.165, 1.54) is 23.8 Å². The van der Waals surface area contributed by atoms with Crippen molar-refractivity contribution in [2.75, 3.05) is 5.32 Å². The van der Waals surface area contributed by atoms with Gasteiger partial charge in [-0.05, 0) is 35.1 Å². The molecule has 0 radical (unpaired) electrons. The van der Waals surface area contributed by atoms with Crippen LogP contribution in [0, 0.1) is 0 Å². The van der Waals surface area contributed by atoms with Gasteiger partial charge in [-0.15, -0.1) is 11.3 Å². The Morgan fingerprint density at radius 1 is 0.963 bits per heavy atom. The Kier molecular flexibility index (Phi) is 6.39. The monoisotopic (exact) mass is 378 g/mol. The molecule has 2 N–H and O–H groups in total. The zero-order chi connectivity index (χ0) is 19.1. The van der Waals surface area contributed by atoms with Crippen LogP contribution in [0.2, 0.25) is 0 Å². The molecule has 2 amide bonds. The molecule has 0 aliphatic heterocycles. The number of thiophene rings is 1. The molecular formula is C22H22N2O2S. The molecule has 27 heavy (non-hydrogen) atoms. The average molecular weight is 378 g/mol. The zero-order valence-electron chi connectivity index (χ0n) is 15.1. The molecule has 1 heterocycles. The third kappa shape index (κ3) is 5.53. The summed E-state index contributed by atoms with van der Waals surface area (Å²) in [4.78, 5) is 25.1. The molecule has 138 valence electrons. The van der Waals surface area contributed by atoms with Crippen molar-refractivity contribution in [2.45, 2.75) is 25.8 Å². The number of hydrogen-bond acceptors (Lipinski definition) is 3. The topological polar surface area (TPSA) is 58.2 Å². The van der Waals surface area contributed by atoms with E-state index in [2.05, 4.69) is 22.8 Å². The lowest BCUT2D eigenvalue weighted by atomic mass is 10.0. The number of benzene rings is 2. The summed E-state index contributed by atoms with van der Waals surface area (Å²) in [6.45, 7) is 1.47. The van der Waals surface area contributed by atoms with Gasteiger partial charge in [-0.2, -0.15) is 0 Å². The Morgan fingerprint density at radius 2 is 1.70 bits per heavy atom. The van der Waals surface area contributed by atoms with Crippen LogP contribution in [0.3, 0.4) is 0 Å². The Morgan fingerprint density at radius 3 is 2.41 bits per heavy atom. The van der Waals surface area contributed by atoms with Crippen molar-refractivity contribution in [1.29, 1.82) is 0 Å². The highest BCUT2D eigenvalue weighted by atomic mass is 32.1. The molecule has 0 aliphatic carbocycles. The molecule has 1 unspecified atom stereocenters. The van der Waals surface area contributed by atoms with Crippen LogP contribution in [0.25, 0.3) is 0 Å². The number of hydrogen-bond donors (Lipinski definition) is 2. The lowest BCUT2D eigenvalue weighted by Crippen LogP contribution is -2.29. The summed E-state index contributed by atoms with van der Waals surface area (Å²) in [5, 5.41) is 7.82. The maximum atomic E-state index is 12.6. The molecule has 5 heteroatoms. The Balaban J connectivity index is 1.71. The summed E-state index contributed by atoms with van der Waals surface area (Å²) in [7, 11) is 0. The fourth-order valence-electron chi connectivity index (χ4n) is 2.96. The highest BCUT2D eigenvalue weighted by molar-refractivity contribution is 7.10. The summed E-state index contributed by atoms with van der Waals surface area (Å²) in [6, 6.07) is 21.5. The van der Waals surface area contributed by atoms with Crippen molar-refractivity contribution in [3.05, 3.63) is 88.1 Å². The first-order chi connectivity index (χ1) is 13.1. The summed E-state index contributed by atoms with van der Waals surface area (Å²) in [6.07, 6.45) is 0.942. The number of rotatable bonds is 7. The van der Waals surface area contributed by atoms with Crippen LogP contribution in [0.1, 0.15) is 35.4 Å². The molecule has 0 bridgehead atoms. The minimum Gasteiger partial charge on any atom is -0.348 e. The van der Waals surface area contributed by atoms with E-state index in [1.807, 2.05) is 60.0 Å². The standard InChI is InChI=1S/C22H22N2O2S/c1-16(25)23-20(21-12-7-13-27-21)15-22(26)24-19-11-6-5-10-18(19)14-17-8-3-2-4-9-17/h2-13,20H,14-15H2,1H3,(H,23,25)(H,24,26). The van der Waals surface area contributed by atoms with Gasteiger partial charge >= 0.3 is 0 Å². The average Bonchev–Trinajstić information content (AvgIpc) is 3.18. The number of para-hydroxylation sites is 1. The minimum absolute atomic E-state index is 0.123. The van der Waals surface area contributed by atoms with Crippen LogP contribution >= 0.6 is 11.3 Å². The molecule has 2 aromatic carbocycles. The number of carbonyl (C=O) groups is 2. The van der Waals surface area contributed by atoms with Crippen molar-refractivity contribution in [3.8, 4) is 0 Å². The highest BCUT2D eigenvalue weighted by Gasteiger charge is 2.18. The summed E-state index contributed by atoms with van der Waals surface area (Å²) in [5.41, 5.74) is 3.05. The van der Waals surface area contributed by atoms with Crippen molar-refractivity contribution in [1.82, 2.24) is 5.32 Å². The van der Waals surface area contributed by atoms with Gasteiger partial charge in [0.15, 0.2) is 0 Å². The van der Waals surface area contributed by atoms with E-state index >= 15 is 0 Å². The second-order valence-corrected chi connectivity index (χ2v) is 7.32. The predicted molar refractivity (Wildman–Crippen MR) is 110 cm³/mol. The lowest BCUT2D eigenvalue weighted by molar-refractivity contribution is -0.120. The third-order valence-electron chi connectivity index (χ3n) is 4.18. The Labute approximate surface area is 163 Å². The maximum Gasteiger partial charge on any atom is 0.226 e. The Bertz CT molecular complexity index is 892. The van der Waals surface area contributed by atoms with Crippen LogP contribution in [0.5, 0.6) is 0 Å². The van der Waals surface area contributed by atoms with Gasteiger partial charge in [0, 0.05) is 17.5 Å². The zero-order valence-corrected chi connectivity index (χ0v) is 16.0. The van der Waals surface area contributed by atoms with Crippen LogP contribution in [0.4, 0.5) is 5.69 Å². The second kappa shape index (κ2) is 9.14. The number of anilines is 1. The largest absolute Gasteiger partial charge is 0.348 e. The van der Waals surface area contributed by atoms with Crippen LogP contribution in [-0.2, 0) is 16.0 Å². The summed E-state index contributed by atoms with van der Waals surface area (Å²) >= 11 is 1.53. The van der Waals surface area contributed by atoms with Gasteiger partial charge < -0.3 is 10.6 Å². The van der Waals surface area contributed by atoms with E-state index in [0.717, 1.165) is 22.5 Å². The quantitative estimate of drug-likeness (QED) is 0.634. The third-order valence-corrected chi connectivity index (χ3v) is 5.17. The number of carbonyl (C=O) groups excluding carboxylic acids is 2. The molecule has 3 aromatic rings. The first-order valence-electron chi connectivity index (χ1n) is 8.84. The Hall–Kier alpha value is -2.92. The van der Waals surface area contributed by atoms with E-state index < -0.39 is 0 Å². The van der Waals surface area contributed by atoms with Gasteiger partial charge in [0.05, 0.1) is 12.5 Å². The molecule has 0 fully saturated rings. The molecule has 1 aromatic heterocycles. The minimum atomic E-state index is -0.316. The predicted octanol–water partition coefficient (Wildman–Crippen LogP) is 4.54. The number of nitrogens with one attached hydrogen (secondary N) is 2. The van der Waals surface area contributed by atoms with Crippen LogP contribution < -0.4 is 10.6 Å². The molecule has 1 atom stereocenters. The van der Waals surface area contributed by atoms with Crippen molar-refractivity contribution in [2.24, 2.45) is 0 Å². The van der Waals surface area contributed by atoms with Gasteiger partial charge in [0.25, 0.3) is 0 Å². The molecule has 0 saturated carbocycles. The highest BCUT2D eigenvalue weighted by Crippen LogP contribution is 2.24. The fraction of sp³-hybridized carbons (Fsp3) is 0.182. The lowest BCUT2D eigenvalue weighted by Gasteiger charge is -2.17. The number of amides is 2. The summed E-state index contributed by atoms with van der Waals surface area (Å²) < 4.78 is 0. The SMILES string of the molecule is CC(=O)NC(CC(=O)Nc1ccccc1Cc1ccccc1)c1cccs1. The second-order valence-electron chi connectivity index (χ2n) is 6.34. The van der Waals surface area contributed by atoms with E-state index in [4.69, 9.17) is 0 Å². The molecule has 4 nitrogen and oxygen atoms in total. The van der Waals surface area contributed by atoms with E-state index in [1.54, 1.807) is 0 Å². The molecule has 3 rings (SSSR count). The van der Waals surface area contributed by atoms with Gasteiger partial charge in [-0.25, -0.2) is 0 Å². The molecule has 0 saturated heterocycles. The van der Waals surface area contributed by atoms with Gasteiger partial charge in [-0.1, -0.05) is 54.6 Å². The van der Waals surface area contributed by atoms with Gasteiger partial charge in [0.1, 0.15) is 0 Å².